The fourth-order valence-corrected chi connectivity index (χ4v) is 3.83. The lowest BCUT2D eigenvalue weighted by Gasteiger charge is -2.05. The first kappa shape index (κ1) is 18.6. The van der Waals surface area contributed by atoms with Gasteiger partial charge in [-0.25, -0.2) is 0 Å². The van der Waals surface area contributed by atoms with E-state index in [9.17, 15) is 0 Å². The number of aromatic nitrogens is 1. The maximum absolute atomic E-state index is 4.96. The van der Waals surface area contributed by atoms with Crippen molar-refractivity contribution in [1.29, 1.82) is 0 Å². The Hall–Kier alpha value is -2.74. The summed E-state index contributed by atoms with van der Waals surface area (Å²) in [6, 6.07) is 20.0. The first-order valence-electron chi connectivity index (χ1n) is 10.5. The number of nitrogens with zero attached hydrogens (tertiary/aromatic N) is 2. The zero-order valence-corrected chi connectivity index (χ0v) is 16.9. The smallest absolute Gasteiger partial charge is 0.0672 e. The Morgan fingerprint density at radius 2 is 1.68 bits per heavy atom. The van der Waals surface area contributed by atoms with Crippen LogP contribution in [-0.4, -0.2) is 10.7 Å². The van der Waals surface area contributed by atoms with Gasteiger partial charge in [-0.05, 0) is 71.7 Å². The highest BCUT2D eigenvalue weighted by molar-refractivity contribution is 6.06. The van der Waals surface area contributed by atoms with Crippen molar-refractivity contribution in [2.75, 3.05) is 0 Å². The molecule has 0 unspecified atom stereocenters. The molecule has 0 saturated heterocycles. The third-order valence-corrected chi connectivity index (χ3v) is 5.53. The van der Waals surface area contributed by atoms with E-state index in [0.717, 1.165) is 43.5 Å². The van der Waals surface area contributed by atoms with Crippen LogP contribution in [0.5, 0.6) is 0 Å². The summed E-state index contributed by atoms with van der Waals surface area (Å²) < 4.78 is 0. The molecule has 0 N–H and O–H groups in total. The van der Waals surface area contributed by atoms with Gasteiger partial charge >= 0.3 is 0 Å². The molecule has 28 heavy (non-hydrogen) atoms. The molecule has 0 saturated carbocycles. The van der Waals surface area contributed by atoms with Crippen LogP contribution >= 0.6 is 0 Å². The molecule has 1 aromatic heterocycles. The van der Waals surface area contributed by atoms with Gasteiger partial charge in [-0.15, -0.1) is 0 Å². The van der Waals surface area contributed by atoms with E-state index in [0.29, 0.717) is 0 Å². The number of aliphatic imine (C=N–C) groups is 1. The van der Waals surface area contributed by atoms with Gasteiger partial charge in [-0.2, -0.15) is 0 Å². The Kier molecular flexibility index (Phi) is 5.66. The van der Waals surface area contributed by atoms with E-state index in [1.807, 2.05) is 6.20 Å². The summed E-state index contributed by atoms with van der Waals surface area (Å²) in [7, 11) is 0. The van der Waals surface area contributed by atoms with Gasteiger partial charge < -0.3 is 0 Å². The molecule has 142 valence electrons. The van der Waals surface area contributed by atoms with Gasteiger partial charge in [0.2, 0.25) is 0 Å². The van der Waals surface area contributed by atoms with Crippen LogP contribution in [-0.2, 0) is 32.1 Å². The lowest BCUT2D eigenvalue weighted by Crippen LogP contribution is -2.01. The molecule has 2 heterocycles. The predicted molar refractivity (Wildman–Crippen MR) is 118 cm³/mol. The zero-order chi connectivity index (χ0) is 19.3. The molecular formula is C26H28N2. The van der Waals surface area contributed by atoms with Gasteiger partial charge in [0.1, 0.15) is 0 Å². The number of pyridine rings is 1. The van der Waals surface area contributed by atoms with E-state index >= 15 is 0 Å². The molecule has 2 heteroatoms. The van der Waals surface area contributed by atoms with Gasteiger partial charge in [-0.1, -0.05) is 56.7 Å². The van der Waals surface area contributed by atoms with Crippen molar-refractivity contribution in [2.45, 2.75) is 52.4 Å². The van der Waals surface area contributed by atoms with Crippen molar-refractivity contribution in [3.8, 4) is 0 Å². The molecule has 0 bridgehead atoms. The minimum absolute atomic E-state index is 0.936. The summed E-state index contributed by atoms with van der Waals surface area (Å²) in [5, 5.41) is 0. The molecule has 1 aliphatic rings. The molecule has 3 aromatic rings. The average molecular weight is 369 g/mol. The first-order valence-corrected chi connectivity index (χ1v) is 10.5. The Labute approximate surface area is 168 Å². The molecule has 0 atom stereocenters. The number of fused-ring (bicyclic) bond motifs is 1. The molecule has 2 nitrogen and oxygen atoms in total. The second kappa shape index (κ2) is 8.52. The number of hydrogen-bond donors (Lipinski definition) is 0. The third kappa shape index (κ3) is 4.22. The van der Waals surface area contributed by atoms with Crippen LogP contribution in [0, 0.1) is 0 Å². The van der Waals surface area contributed by atoms with Gasteiger partial charge in [-0.3, -0.25) is 9.98 Å². The largest absolute Gasteiger partial charge is 0.261 e. The molecule has 0 radical (unpaired) electrons. The van der Waals surface area contributed by atoms with Crippen LogP contribution in [0.4, 0.5) is 5.69 Å². The Bertz CT molecular complexity index is 984. The zero-order valence-electron chi connectivity index (χ0n) is 16.9. The van der Waals surface area contributed by atoms with Crippen LogP contribution < -0.4 is 0 Å². The molecule has 4 rings (SSSR count). The number of rotatable bonds is 7. The fraction of sp³-hybridized carbons (Fsp3) is 0.308. The Morgan fingerprint density at radius 1 is 0.821 bits per heavy atom. The van der Waals surface area contributed by atoms with Crippen LogP contribution in [0.15, 0.2) is 65.8 Å². The van der Waals surface area contributed by atoms with E-state index in [1.165, 1.54) is 39.9 Å². The quantitative estimate of drug-likeness (QED) is 0.498. The van der Waals surface area contributed by atoms with Crippen molar-refractivity contribution in [2.24, 2.45) is 4.99 Å². The minimum atomic E-state index is 0.936. The number of benzene rings is 2. The summed E-state index contributed by atoms with van der Waals surface area (Å²) in [6.07, 6.45) is 8.26. The van der Waals surface area contributed by atoms with E-state index < -0.39 is 0 Å². The van der Waals surface area contributed by atoms with Crippen LogP contribution in [0.2, 0.25) is 0 Å². The van der Waals surface area contributed by atoms with Crippen molar-refractivity contribution >= 4 is 11.4 Å². The van der Waals surface area contributed by atoms with Crippen LogP contribution in [0.25, 0.3) is 0 Å². The van der Waals surface area contributed by atoms with Crippen molar-refractivity contribution in [3.63, 3.8) is 0 Å². The van der Waals surface area contributed by atoms with E-state index in [-0.39, 0.29) is 0 Å². The second-order valence-electron chi connectivity index (χ2n) is 7.66. The van der Waals surface area contributed by atoms with Gasteiger partial charge in [0.25, 0.3) is 0 Å². The number of aryl methyl sites for hydroxylation is 4. The highest BCUT2D eigenvalue weighted by Crippen LogP contribution is 2.30. The fourth-order valence-electron chi connectivity index (χ4n) is 3.83. The molecule has 0 aliphatic carbocycles. The molecule has 1 aliphatic heterocycles. The second-order valence-corrected chi connectivity index (χ2v) is 7.66. The molecule has 0 fully saturated rings. The number of hydrogen-bond acceptors (Lipinski definition) is 2. The lowest BCUT2D eigenvalue weighted by atomic mass is 9.99. The van der Waals surface area contributed by atoms with E-state index in [2.05, 4.69) is 73.4 Å². The minimum Gasteiger partial charge on any atom is -0.261 e. The van der Waals surface area contributed by atoms with Gasteiger partial charge in [0.15, 0.2) is 0 Å². The highest BCUT2D eigenvalue weighted by Gasteiger charge is 2.16. The average Bonchev–Trinajstić information content (AvgIpc) is 3.16. The summed E-state index contributed by atoms with van der Waals surface area (Å²) >= 11 is 0. The summed E-state index contributed by atoms with van der Waals surface area (Å²) in [4.78, 5) is 9.55. The molecule has 0 spiro atoms. The lowest BCUT2D eigenvalue weighted by molar-refractivity contribution is 0.906. The summed E-state index contributed by atoms with van der Waals surface area (Å²) in [5.74, 6) is 0. The highest BCUT2D eigenvalue weighted by atomic mass is 14.8. The Balaban J connectivity index is 1.47. The SMILES string of the molecule is CCCc1cccc(C2=Nc3cc(CCc4ccc(CC)cn4)ccc3C2)c1. The van der Waals surface area contributed by atoms with E-state index in [1.54, 1.807) is 0 Å². The van der Waals surface area contributed by atoms with Crippen molar-refractivity contribution in [1.82, 2.24) is 4.98 Å². The third-order valence-electron chi connectivity index (χ3n) is 5.53. The molecular weight excluding hydrogens is 340 g/mol. The van der Waals surface area contributed by atoms with Gasteiger partial charge in [0, 0.05) is 18.3 Å². The van der Waals surface area contributed by atoms with Gasteiger partial charge in [0.05, 0.1) is 11.4 Å². The van der Waals surface area contributed by atoms with Crippen LogP contribution in [0.3, 0.4) is 0 Å². The maximum Gasteiger partial charge on any atom is 0.0672 e. The van der Waals surface area contributed by atoms with Crippen LogP contribution in [0.1, 0.15) is 53.8 Å². The Morgan fingerprint density at radius 3 is 2.46 bits per heavy atom. The van der Waals surface area contributed by atoms with Crippen molar-refractivity contribution < 1.29 is 0 Å². The predicted octanol–water partition coefficient (Wildman–Crippen LogP) is 6.06. The van der Waals surface area contributed by atoms with Crippen molar-refractivity contribution in [3.05, 3.63) is 94.3 Å². The monoisotopic (exact) mass is 368 g/mol. The topological polar surface area (TPSA) is 25.2 Å². The maximum atomic E-state index is 4.96. The normalized spacial score (nSPS) is 12.7. The summed E-state index contributed by atoms with van der Waals surface area (Å²) in [5.41, 5.74) is 10.1. The van der Waals surface area contributed by atoms with E-state index in [4.69, 9.17) is 4.99 Å². The molecule has 0 amide bonds. The standard InChI is InChI=1S/C26H28N2/c1-3-6-20-7-5-8-22(15-20)26-17-23-12-9-21(16-25(23)28-26)11-14-24-13-10-19(4-2)18-27-24/h5,7-10,12-13,15-16,18H,3-4,6,11,14,17H2,1-2H3. The summed E-state index contributed by atoms with van der Waals surface area (Å²) in [6.45, 7) is 4.39. The molecule has 2 aromatic carbocycles. The first-order chi connectivity index (χ1) is 13.7.